The van der Waals surface area contributed by atoms with Gasteiger partial charge in [-0.15, -0.1) is 0 Å². The Bertz CT molecular complexity index is 718. The summed E-state index contributed by atoms with van der Waals surface area (Å²) in [5.74, 6) is -0.381. The summed E-state index contributed by atoms with van der Waals surface area (Å²) in [5, 5.41) is 2.56. The Kier molecular flexibility index (Phi) is 9.07. The van der Waals surface area contributed by atoms with Gasteiger partial charge in [-0.2, -0.15) is 8.42 Å². The van der Waals surface area contributed by atoms with E-state index in [1.54, 1.807) is 36.1 Å². The lowest BCUT2D eigenvalue weighted by molar-refractivity contribution is -0.141. The highest BCUT2D eigenvalue weighted by molar-refractivity contribution is 7.87. The van der Waals surface area contributed by atoms with E-state index in [1.165, 1.54) is 6.92 Å². The molecule has 0 aliphatic rings. The molecule has 0 fully saturated rings. The van der Waals surface area contributed by atoms with Gasteiger partial charge in [0, 0.05) is 12.6 Å². The molecule has 0 saturated carbocycles. The van der Waals surface area contributed by atoms with Crippen molar-refractivity contribution in [2.45, 2.75) is 46.7 Å². The maximum atomic E-state index is 12.5. The molecule has 152 valence electrons. The number of nitrogens with one attached hydrogen (secondary N) is 1. The first-order chi connectivity index (χ1) is 12.7. The predicted molar refractivity (Wildman–Crippen MR) is 102 cm³/mol. The van der Waals surface area contributed by atoms with Gasteiger partial charge in [0.05, 0.1) is 12.4 Å². The van der Waals surface area contributed by atoms with Crippen LogP contribution < -0.4 is 9.50 Å². The van der Waals surface area contributed by atoms with Gasteiger partial charge in [-0.25, -0.2) is 4.79 Å². The van der Waals surface area contributed by atoms with E-state index in [1.807, 2.05) is 13.8 Å². The van der Waals surface area contributed by atoms with Crippen LogP contribution in [0.25, 0.3) is 0 Å². The molecule has 2 amide bonds. The number of amides is 2. The van der Waals surface area contributed by atoms with Crippen LogP contribution in [0, 0.1) is 0 Å². The molecule has 1 aromatic rings. The van der Waals surface area contributed by atoms with Crippen LogP contribution in [0.2, 0.25) is 0 Å². The number of urea groups is 1. The fourth-order valence-electron chi connectivity index (χ4n) is 2.16. The second-order valence-corrected chi connectivity index (χ2v) is 7.78. The minimum absolute atomic E-state index is 0.0522. The van der Waals surface area contributed by atoms with Crippen LogP contribution >= 0.6 is 0 Å². The van der Waals surface area contributed by atoms with Crippen LogP contribution in [-0.4, -0.2) is 50.3 Å². The molecule has 0 heterocycles. The predicted octanol–water partition coefficient (Wildman–Crippen LogP) is 2.29. The minimum Gasteiger partial charge on any atom is -0.465 e. The van der Waals surface area contributed by atoms with Crippen molar-refractivity contribution in [1.29, 1.82) is 0 Å². The van der Waals surface area contributed by atoms with Crippen molar-refractivity contribution in [3.8, 4) is 5.75 Å². The summed E-state index contributed by atoms with van der Waals surface area (Å²) in [6.07, 6.45) is 0.739. The zero-order valence-corrected chi connectivity index (χ0v) is 17.0. The number of hydrogen-bond acceptors (Lipinski definition) is 6. The number of carbonyl (C=O) groups is 2. The molecular formula is C18H28N2O6S. The van der Waals surface area contributed by atoms with E-state index in [9.17, 15) is 18.0 Å². The number of benzene rings is 1. The van der Waals surface area contributed by atoms with Crippen LogP contribution in [-0.2, 0) is 26.2 Å². The molecule has 0 aliphatic heterocycles. The van der Waals surface area contributed by atoms with Gasteiger partial charge in [-0.1, -0.05) is 19.1 Å². The summed E-state index contributed by atoms with van der Waals surface area (Å²) in [6.45, 7) is 7.45. The van der Waals surface area contributed by atoms with Gasteiger partial charge in [0.25, 0.3) is 0 Å². The molecule has 0 aliphatic carbocycles. The lowest BCUT2D eigenvalue weighted by Gasteiger charge is -2.28. The number of hydrogen-bond donors (Lipinski definition) is 1. The Labute approximate surface area is 161 Å². The Balaban J connectivity index is 2.79. The maximum absolute atomic E-state index is 12.5. The molecule has 9 heteroatoms. The van der Waals surface area contributed by atoms with Crippen molar-refractivity contribution in [2.75, 3.05) is 18.9 Å². The topological polar surface area (TPSA) is 102 Å². The zero-order valence-electron chi connectivity index (χ0n) is 16.2. The largest absolute Gasteiger partial charge is 0.465 e. The molecule has 0 spiro atoms. The highest BCUT2D eigenvalue weighted by atomic mass is 32.2. The Morgan fingerprint density at radius 2 is 1.78 bits per heavy atom. The standard InChI is InChI=1S/C18H28N2O6S/c1-5-14(4)20(18(22)19-12-17(21)25-6-2)13-15-8-10-16(11-9-15)26-27(23,24)7-3/h8-11,14H,5-7,12-13H2,1-4H3,(H,19,22)/t14-/m0/s1. The minimum atomic E-state index is -3.58. The summed E-state index contributed by atoms with van der Waals surface area (Å²) in [7, 11) is -3.58. The van der Waals surface area contributed by atoms with Crippen molar-refractivity contribution >= 4 is 22.1 Å². The molecule has 1 atom stereocenters. The first-order valence-corrected chi connectivity index (χ1v) is 10.5. The average molecular weight is 400 g/mol. The van der Waals surface area contributed by atoms with Gasteiger partial charge in [-0.05, 0) is 44.9 Å². The molecule has 27 heavy (non-hydrogen) atoms. The van der Waals surface area contributed by atoms with Crippen LogP contribution in [0.4, 0.5) is 4.79 Å². The number of esters is 1. The van der Waals surface area contributed by atoms with Crippen LogP contribution in [0.15, 0.2) is 24.3 Å². The molecule has 0 saturated heterocycles. The summed E-state index contributed by atoms with van der Waals surface area (Å²) < 4.78 is 32.7. The molecule has 1 aromatic carbocycles. The highest BCUT2D eigenvalue weighted by Crippen LogP contribution is 2.17. The lowest BCUT2D eigenvalue weighted by atomic mass is 10.1. The van der Waals surface area contributed by atoms with Crippen molar-refractivity contribution < 1.29 is 26.9 Å². The molecule has 1 N–H and O–H groups in total. The molecule has 0 radical (unpaired) electrons. The Morgan fingerprint density at radius 1 is 1.15 bits per heavy atom. The van der Waals surface area contributed by atoms with E-state index in [0.717, 1.165) is 12.0 Å². The molecule has 0 bridgehead atoms. The first kappa shape index (κ1) is 22.8. The van der Waals surface area contributed by atoms with Crippen molar-refractivity contribution in [3.05, 3.63) is 29.8 Å². The summed E-state index contributed by atoms with van der Waals surface area (Å²) >= 11 is 0. The highest BCUT2D eigenvalue weighted by Gasteiger charge is 2.20. The Morgan fingerprint density at radius 3 is 2.30 bits per heavy atom. The first-order valence-electron chi connectivity index (χ1n) is 8.93. The van der Waals surface area contributed by atoms with E-state index in [-0.39, 0.29) is 36.7 Å². The fourth-order valence-corrected chi connectivity index (χ4v) is 2.68. The number of carbonyl (C=O) groups excluding carboxylic acids is 2. The van der Waals surface area contributed by atoms with E-state index >= 15 is 0 Å². The lowest BCUT2D eigenvalue weighted by Crippen LogP contribution is -2.46. The van der Waals surface area contributed by atoms with Crippen molar-refractivity contribution in [3.63, 3.8) is 0 Å². The van der Waals surface area contributed by atoms with E-state index < -0.39 is 16.1 Å². The van der Waals surface area contributed by atoms with E-state index in [4.69, 9.17) is 8.92 Å². The number of ether oxygens (including phenoxy) is 1. The van der Waals surface area contributed by atoms with Crippen LogP contribution in [0.3, 0.4) is 0 Å². The second kappa shape index (κ2) is 10.8. The second-order valence-electron chi connectivity index (χ2n) is 5.92. The van der Waals surface area contributed by atoms with E-state index in [0.29, 0.717) is 6.54 Å². The zero-order chi connectivity index (χ0) is 20.4. The van der Waals surface area contributed by atoms with Crippen LogP contribution in [0.5, 0.6) is 5.75 Å². The molecule has 8 nitrogen and oxygen atoms in total. The van der Waals surface area contributed by atoms with Gasteiger partial charge < -0.3 is 19.1 Å². The normalized spacial score (nSPS) is 12.1. The van der Waals surface area contributed by atoms with Gasteiger partial charge in [0.2, 0.25) is 0 Å². The molecule has 0 unspecified atom stereocenters. The Hall–Kier alpha value is -2.29. The monoisotopic (exact) mass is 400 g/mol. The quantitative estimate of drug-likeness (QED) is 0.478. The molecule has 0 aromatic heterocycles. The third kappa shape index (κ3) is 7.86. The molecule has 1 rings (SSSR count). The number of nitrogens with zero attached hydrogens (tertiary/aromatic N) is 1. The third-order valence-corrected chi connectivity index (χ3v) is 5.08. The van der Waals surface area contributed by atoms with Gasteiger partial charge in [0.1, 0.15) is 12.3 Å². The van der Waals surface area contributed by atoms with Gasteiger partial charge >= 0.3 is 22.1 Å². The number of rotatable bonds is 10. The maximum Gasteiger partial charge on any atom is 0.325 e. The van der Waals surface area contributed by atoms with Crippen molar-refractivity contribution in [2.24, 2.45) is 0 Å². The molecular weight excluding hydrogens is 372 g/mol. The third-order valence-electron chi connectivity index (χ3n) is 3.93. The fraction of sp³-hybridized carbons (Fsp3) is 0.556. The summed E-state index contributed by atoms with van der Waals surface area (Å²) in [4.78, 5) is 25.5. The van der Waals surface area contributed by atoms with Gasteiger partial charge in [0.15, 0.2) is 0 Å². The van der Waals surface area contributed by atoms with Crippen LogP contribution in [0.1, 0.15) is 39.7 Å². The summed E-state index contributed by atoms with van der Waals surface area (Å²) in [6, 6.07) is 6.08. The van der Waals surface area contributed by atoms with E-state index in [2.05, 4.69) is 5.32 Å². The SMILES string of the molecule is CCOC(=O)CNC(=O)N(Cc1ccc(OS(=O)(=O)CC)cc1)[C@@H](C)CC. The average Bonchev–Trinajstić information content (AvgIpc) is 2.65. The smallest absolute Gasteiger partial charge is 0.325 e. The summed E-state index contributed by atoms with van der Waals surface area (Å²) in [5.41, 5.74) is 0.808. The van der Waals surface area contributed by atoms with Gasteiger partial charge in [-0.3, -0.25) is 4.79 Å². The van der Waals surface area contributed by atoms with Crippen molar-refractivity contribution in [1.82, 2.24) is 10.2 Å².